The van der Waals surface area contributed by atoms with Crippen LogP contribution in [0.5, 0.6) is 5.75 Å². The van der Waals surface area contributed by atoms with E-state index in [0.29, 0.717) is 33.1 Å². The number of benzene rings is 3. The van der Waals surface area contributed by atoms with Gasteiger partial charge in [-0.1, -0.05) is 51.9 Å². The summed E-state index contributed by atoms with van der Waals surface area (Å²) in [6, 6.07) is 18.6. The zero-order chi connectivity index (χ0) is 27.4. The molecular weight excluding hydrogens is 543 g/mol. The van der Waals surface area contributed by atoms with Crippen LogP contribution >= 0.6 is 33.9 Å². The molecule has 3 aromatic carbocycles. The average molecular weight is 573 g/mol. The number of likely N-dealkylation sites (N-methyl/N-ethyl adjacent to an activating group) is 1. The highest BCUT2D eigenvalue weighted by atomic mass is 35.5. The maximum absolute atomic E-state index is 12.1. The first-order valence-corrected chi connectivity index (χ1v) is 13.8. The number of quaternary nitrogens is 1. The van der Waals surface area contributed by atoms with Gasteiger partial charge in [0.2, 0.25) is 11.7 Å². The van der Waals surface area contributed by atoms with E-state index in [1.54, 1.807) is 26.3 Å². The molecule has 0 bridgehead atoms. The topological polar surface area (TPSA) is 88.2 Å². The molecule has 0 aliphatic heterocycles. The molecule has 0 aliphatic carbocycles. The van der Waals surface area contributed by atoms with Gasteiger partial charge in [0.25, 0.3) is 5.82 Å². The van der Waals surface area contributed by atoms with Crippen molar-refractivity contribution in [3.05, 3.63) is 70.7 Å². The molecule has 38 heavy (non-hydrogen) atoms. The van der Waals surface area contributed by atoms with Gasteiger partial charge < -0.3 is 20.1 Å². The molecule has 0 aliphatic rings. The largest absolute Gasteiger partial charge is 0.497 e. The van der Waals surface area contributed by atoms with E-state index in [1.165, 1.54) is 0 Å². The van der Waals surface area contributed by atoms with E-state index in [2.05, 4.69) is 21.2 Å². The summed E-state index contributed by atoms with van der Waals surface area (Å²) in [7, 11) is 6.53. The van der Waals surface area contributed by atoms with Crippen LogP contribution in [0.2, 0.25) is 10.0 Å². The maximum Gasteiger partial charge on any atom is 0.277 e. The molecule has 3 N–H and O–H groups in total. The molecule has 4 rings (SSSR count). The van der Waals surface area contributed by atoms with E-state index in [1.807, 2.05) is 62.6 Å². The monoisotopic (exact) mass is 571 g/mol. The fourth-order valence-corrected chi connectivity index (χ4v) is 5.37. The Bertz CT molecular complexity index is 1530. The Labute approximate surface area is 234 Å². The molecule has 4 aromatic rings. The molecule has 0 saturated carbocycles. The zero-order valence-corrected chi connectivity index (χ0v) is 23.8. The predicted octanol–water partition coefficient (Wildman–Crippen LogP) is 6.09. The first-order valence-electron chi connectivity index (χ1n) is 11.6. The third kappa shape index (κ3) is 5.92. The Hall–Kier alpha value is -3.21. The van der Waals surface area contributed by atoms with Crippen LogP contribution in [0.25, 0.3) is 11.0 Å². The van der Waals surface area contributed by atoms with Crippen molar-refractivity contribution < 1.29 is 9.53 Å². The Balaban J connectivity index is 1.77. The summed E-state index contributed by atoms with van der Waals surface area (Å²) in [4.78, 5) is 22.9. The molecule has 0 fully saturated rings. The zero-order valence-electron chi connectivity index (χ0n) is 21.5. The Kier molecular flexibility index (Phi) is 8.54. The van der Waals surface area contributed by atoms with Gasteiger partial charge in [0.05, 0.1) is 49.5 Å². The van der Waals surface area contributed by atoms with Gasteiger partial charge in [-0.05, 0) is 49.5 Å². The third-order valence-electron chi connectivity index (χ3n) is 5.89. The summed E-state index contributed by atoms with van der Waals surface area (Å²) >= 11 is 13.0. The maximum atomic E-state index is 12.1. The van der Waals surface area contributed by atoms with Gasteiger partial charge in [0, 0.05) is 11.0 Å². The van der Waals surface area contributed by atoms with Crippen LogP contribution in [0.1, 0.15) is 0 Å². The van der Waals surface area contributed by atoms with Crippen LogP contribution in [0, 0.1) is 0 Å². The molecule has 1 atom stereocenters. The van der Waals surface area contributed by atoms with Gasteiger partial charge in [0.15, 0.2) is 5.69 Å². The molecule has 8 nitrogen and oxygen atoms in total. The van der Waals surface area contributed by atoms with Crippen molar-refractivity contribution in [3.63, 3.8) is 0 Å². The van der Waals surface area contributed by atoms with Gasteiger partial charge in [-0.15, -0.1) is 0 Å². The Morgan fingerprint density at radius 3 is 2.39 bits per heavy atom. The van der Waals surface area contributed by atoms with Crippen molar-refractivity contribution in [2.75, 3.05) is 44.8 Å². The van der Waals surface area contributed by atoms with Gasteiger partial charge in [-0.3, -0.25) is 4.79 Å². The lowest BCUT2D eigenvalue weighted by molar-refractivity contribution is -0.115. The van der Waals surface area contributed by atoms with Crippen molar-refractivity contribution in [2.24, 2.45) is 0 Å². The molecule has 11 heteroatoms. The van der Waals surface area contributed by atoms with Crippen molar-refractivity contribution in [1.82, 2.24) is 19.8 Å². The number of rotatable bonds is 9. The quantitative estimate of drug-likeness (QED) is 0.166. The van der Waals surface area contributed by atoms with Crippen LogP contribution in [-0.2, 0) is 4.79 Å². The lowest BCUT2D eigenvalue weighted by Gasteiger charge is -2.30. The standard InChI is InChI=1S/C27H28Cl2N6O2S/c1-30-16-25(36)31-23-15-18(11-13-19(23)28)38(5)34-26-27(33-22-9-7-6-8-21(22)32-26)35(2,3)24-14-17(37-4)10-12-20(24)29/h6-15,30H,5,16H2,1-4H3,(H-,31,32,34,36)/p+1. The van der Waals surface area contributed by atoms with Crippen molar-refractivity contribution in [2.45, 2.75) is 4.90 Å². The van der Waals surface area contributed by atoms with Crippen LogP contribution in [0.3, 0.4) is 0 Å². The minimum absolute atomic E-state index is 0.171. The molecule has 1 unspecified atom stereocenters. The SMILES string of the molecule is C=S(Nc1nc2ccccc2nc1[N+](C)(C)c1cc(OC)ccc1Cl)c1ccc(Cl)c(NC(=O)CNC)c1. The van der Waals surface area contributed by atoms with E-state index in [0.717, 1.165) is 21.6 Å². The molecule has 1 heterocycles. The van der Waals surface area contributed by atoms with Crippen molar-refractivity contribution in [3.8, 4) is 5.75 Å². The molecule has 1 amide bonds. The van der Waals surface area contributed by atoms with Crippen molar-refractivity contribution in [1.29, 1.82) is 0 Å². The molecule has 0 spiro atoms. The minimum Gasteiger partial charge on any atom is -0.497 e. The second kappa shape index (κ2) is 11.7. The normalized spacial score (nSPS) is 12.3. The predicted molar refractivity (Wildman–Crippen MR) is 161 cm³/mol. The van der Waals surface area contributed by atoms with Gasteiger partial charge in [-0.25, -0.2) is 9.47 Å². The second-order valence-electron chi connectivity index (χ2n) is 8.87. The van der Waals surface area contributed by atoms with Crippen LogP contribution in [-0.4, -0.2) is 56.5 Å². The summed E-state index contributed by atoms with van der Waals surface area (Å²) in [6.45, 7) is 0.171. The smallest absolute Gasteiger partial charge is 0.277 e. The number of carbonyl (C=O) groups excluding carboxylic acids is 1. The van der Waals surface area contributed by atoms with Gasteiger partial charge in [-0.2, -0.15) is 4.98 Å². The Morgan fingerprint density at radius 1 is 1.03 bits per heavy atom. The molecule has 198 valence electrons. The summed E-state index contributed by atoms with van der Waals surface area (Å²) < 4.78 is 9.10. The van der Waals surface area contributed by atoms with E-state index in [-0.39, 0.29) is 16.9 Å². The summed E-state index contributed by atoms with van der Waals surface area (Å²) in [5.41, 5.74) is 2.80. The lowest BCUT2D eigenvalue weighted by Crippen LogP contribution is -2.36. The summed E-state index contributed by atoms with van der Waals surface area (Å²) in [6.07, 6.45) is 0. The van der Waals surface area contributed by atoms with Crippen LogP contribution in [0.15, 0.2) is 65.6 Å². The number of anilines is 2. The second-order valence-corrected chi connectivity index (χ2v) is 11.1. The number of halogens is 2. The Morgan fingerprint density at radius 2 is 1.71 bits per heavy atom. The highest BCUT2D eigenvalue weighted by Gasteiger charge is 2.32. The number of hydrogen-bond donors (Lipinski definition) is 3. The van der Waals surface area contributed by atoms with Gasteiger partial charge >= 0.3 is 0 Å². The van der Waals surface area contributed by atoms with E-state index in [4.69, 9.17) is 37.9 Å². The highest BCUT2D eigenvalue weighted by Crippen LogP contribution is 2.42. The highest BCUT2D eigenvalue weighted by molar-refractivity contribution is 8.15. The van der Waals surface area contributed by atoms with E-state index >= 15 is 0 Å². The van der Waals surface area contributed by atoms with Crippen LogP contribution in [0.4, 0.5) is 23.0 Å². The molecule has 0 radical (unpaired) electrons. The van der Waals surface area contributed by atoms with Crippen molar-refractivity contribution >= 4 is 79.7 Å². The number of methoxy groups -OCH3 is 1. The number of hydrogen-bond acceptors (Lipinski definition) is 6. The number of para-hydroxylation sites is 2. The fraction of sp³-hybridized carbons (Fsp3) is 0.185. The third-order valence-corrected chi connectivity index (χ3v) is 7.80. The number of amides is 1. The lowest BCUT2D eigenvalue weighted by atomic mass is 10.2. The number of fused-ring (bicyclic) bond motifs is 1. The number of nitrogens with zero attached hydrogens (tertiary/aromatic N) is 3. The molecular formula is C27H29Cl2N6O2S+. The first kappa shape index (κ1) is 27.8. The first-order chi connectivity index (χ1) is 18.1. The average Bonchev–Trinajstić information content (AvgIpc) is 2.89. The van der Waals surface area contributed by atoms with Gasteiger partial charge in [0.1, 0.15) is 10.8 Å². The van der Waals surface area contributed by atoms with E-state index in [9.17, 15) is 4.79 Å². The van der Waals surface area contributed by atoms with Crippen LogP contribution < -0.4 is 24.6 Å². The molecule has 0 saturated heterocycles. The summed E-state index contributed by atoms with van der Waals surface area (Å²) in [5.74, 6) is 6.04. The number of aromatic nitrogens is 2. The summed E-state index contributed by atoms with van der Waals surface area (Å²) in [5, 5.41) is 6.66. The number of carbonyl (C=O) groups is 1. The number of nitrogens with one attached hydrogen (secondary N) is 3. The fourth-order valence-electron chi connectivity index (χ4n) is 3.89. The minimum atomic E-state index is -0.773. The molecule has 1 aromatic heterocycles. The van der Waals surface area contributed by atoms with E-state index < -0.39 is 10.7 Å². The number of ether oxygens (including phenoxy) is 1.